The maximum Gasteiger partial charge on any atom is 0.241 e. The Balaban J connectivity index is 1.79. The summed E-state index contributed by atoms with van der Waals surface area (Å²) >= 11 is 6.15. The first-order chi connectivity index (χ1) is 15.8. The van der Waals surface area contributed by atoms with Crippen LogP contribution in [0.3, 0.4) is 0 Å². The van der Waals surface area contributed by atoms with Crippen molar-refractivity contribution >= 4 is 27.5 Å². The van der Waals surface area contributed by atoms with Crippen LogP contribution in [-0.4, -0.2) is 31.9 Å². The molecule has 3 aromatic rings. The lowest BCUT2D eigenvalue weighted by Crippen LogP contribution is -2.46. The van der Waals surface area contributed by atoms with Crippen LogP contribution in [0.4, 0.5) is 0 Å². The number of carbonyl (C=O) groups is 1. The van der Waals surface area contributed by atoms with Crippen LogP contribution in [0.2, 0.25) is 5.02 Å². The second kappa shape index (κ2) is 11.3. The number of carbonyl (C=O) groups excluding carboxylic acids is 1. The Bertz CT molecular complexity index is 1130. The zero-order valence-electron chi connectivity index (χ0n) is 18.6. The smallest absolute Gasteiger partial charge is 0.241 e. The zero-order chi connectivity index (χ0) is 23.8. The van der Waals surface area contributed by atoms with E-state index in [1.54, 1.807) is 11.8 Å². The fourth-order valence-electron chi connectivity index (χ4n) is 3.37. The van der Waals surface area contributed by atoms with E-state index in [4.69, 9.17) is 16.3 Å². The Hall–Kier alpha value is -2.87. The van der Waals surface area contributed by atoms with Gasteiger partial charge in [-0.15, -0.1) is 0 Å². The normalized spacial score (nSPS) is 12.2. The highest BCUT2D eigenvalue weighted by molar-refractivity contribution is 7.89. The molecule has 0 aliphatic carbocycles. The lowest BCUT2D eigenvalue weighted by molar-refractivity contribution is -0.133. The van der Waals surface area contributed by atoms with Crippen molar-refractivity contribution in [2.75, 3.05) is 6.61 Å². The highest BCUT2D eigenvalue weighted by atomic mass is 35.5. The Morgan fingerprint density at radius 1 is 0.970 bits per heavy atom. The summed E-state index contributed by atoms with van der Waals surface area (Å²) in [6.45, 7) is 4.48. The Morgan fingerprint density at radius 2 is 1.52 bits per heavy atom. The van der Waals surface area contributed by atoms with Gasteiger partial charge in [-0.25, -0.2) is 8.42 Å². The zero-order valence-corrected chi connectivity index (χ0v) is 20.1. The minimum absolute atomic E-state index is 0.0340. The summed E-state index contributed by atoms with van der Waals surface area (Å²) in [5.74, 6) is 0.0717. The Morgan fingerprint density at radius 3 is 2.00 bits per heavy atom. The molecule has 1 amide bonds. The van der Waals surface area contributed by atoms with Gasteiger partial charge in [-0.3, -0.25) is 4.79 Å². The van der Waals surface area contributed by atoms with Gasteiger partial charge in [0.15, 0.2) is 0 Å². The summed E-state index contributed by atoms with van der Waals surface area (Å²) in [5, 5.41) is 0.188. The van der Waals surface area contributed by atoms with Crippen molar-refractivity contribution < 1.29 is 17.9 Å². The van der Waals surface area contributed by atoms with E-state index in [0.29, 0.717) is 25.4 Å². The third-order valence-electron chi connectivity index (χ3n) is 4.96. The summed E-state index contributed by atoms with van der Waals surface area (Å²) in [7, 11) is -3.98. The number of hydrogen-bond acceptors (Lipinski definition) is 4. The number of halogens is 1. The first kappa shape index (κ1) is 24.8. The van der Waals surface area contributed by atoms with Gasteiger partial charge >= 0.3 is 0 Å². The number of nitrogens with one attached hydrogen (secondary N) is 1. The van der Waals surface area contributed by atoms with Gasteiger partial charge in [0.25, 0.3) is 0 Å². The molecule has 174 valence electrons. The van der Waals surface area contributed by atoms with E-state index < -0.39 is 16.1 Å². The maximum atomic E-state index is 13.3. The van der Waals surface area contributed by atoms with Crippen LogP contribution in [0.15, 0.2) is 83.8 Å². The molecule has 0 aliphatic heterocycles. The van der Waals surface area contributed by atoms with Crippen LogP contribution in [0.25, 0.3) is 0 Å². The van der Waals surface area contributed by atoms with Crippen molar-refractivity contribution in [1.29, 1.82) is 0 Å². The van der Waals surface area contributed by atoms with E-state index in [9.17, 15) is 13.2 Å². The molecule has 8 heteroatoms. The van der Waals surface area contributed by atoms with Gasteiger partial charge in [0.1, 0.15) is 5.75 Å². The van der Waals surface area contributed by atoms with Gasteiger partial charge in [-0.05, 0) is 43.2 Å². The van der Waals surface area contributed by atoms with Gasteiger partial charge in [-0.2, -0.15) is 4.72 Å². The monoisotopic (exact) mass is 486 g/mol. The van der Waals surface area contributed by atoms with Crippen molar-refractivity contribution in [3.05, 3.63) is 95.0 Å². The van der Waals surface area contributed by atoms with E-state index in [0.717, 1.165) is 11.1 Å². The van der Waals surface area contributed by atoms with Crippen molar-refractivity contribution in [2.45, 2.75) is 37.9 Å². The maximum absolute atomic E-state index is 13.3. The summed E-state index contributed by atoms with van der Waals surface area (Å²) in [6, 6.07) is 22.4. The van der Waals surface area contributed by atoms with Crippen LogP contribution >= 0.6 is 11.6 Å². The molecule has 1 N–H and O–H groups in total. The van der Waals surface area contributed by atoms with Gasteiger partial charge < -0.3 is 9.64 Å². The van der Waals surface area contributed by atoms with E-state index in [1.165, 1.54) is 18.2 Å². The molecule has 0 fully saturated rings. The van der Waals surface area contributed by atoms with Gasteiger partial charge in [0.05, 0.1) is 22.6 Å². The molecule has 3 aromatic carbocycles. The summed E-state index contributed by atoms with van der Waals surface area (Å²) < 4.78 is 33.7. The largest absolute Gasteiger partial charge is 0.492 e. The molecule has 0 saturated carbocycles. The number of sulfonamides is 1. The molecule has 3 rings (SSSR count). The van der Waals surface area contributed by atoms with Gasteiger partial charge in [-0.1, -0.05) is 72.3 Å². The Labute approximate surface area is 200 Å². The highest BCUT2D eigenvalue weighted by Gasteiger charge is 2.27. The minimum Gasteiger partial charge on any atom is -0.492 e. The van der Waals surface area contributed by atoms with Crippen LogP contribution in [0, 0.1) is 0 Å². The second-order valence-electron chi connectivity index (χ2n) is 7.53. The van der Waals surface area contributed by atoms with Gasteiger partial charge in [0, 0.05) is 13.1 Å². The van der Waals surface area contributed by atoms with E-state index >= 15 is 0 Å². The average molecular weight is 487 g/mol. The molecule has 6 nitrogen and oxygen atoms in total. The fraction of sp³-hybridized carbons (Fsp3) is 0.240. The lowest BCUT2D eigenvalue weighted by atomic mass is 10.1. The highest BCUT2D eigenvalue weighted by Crippen LogP contribution is 2.27. The third kappa shape index (κ3) is 6.81. The van der Waals surface area contributed by atoms with Crippen LogP contribution in [0.1, 0.15) is 25.0 Å². The van der Waals surface area contributed by atoms with Crippen LogP contribution in [-0.2, 0) is 27.9 Å². The molecule has 0 heterocycles. The molecule has 0 bridgehead atoms. The number of ether oxygens (including phenoxy) is 1. The number of amides is 1. The third-order valence-corrected chi connectivity index (χ3v) is 6.79. The predicted molar refractivity (Wildman–Crippen MR) is 130 cm³/mol. The second-order valence-corrected chi connectivity index (χ2v) is 9.65. The first-order valence-electron chi connectivity index (χ1n) is 10.6. The number of rotatable bonds is 10. The molecule has 0 radical (unpaired) electrons. The average Bonchev–Trinajstić information content (AvgIpc) is 2.80. The van der Waals surface area contributed by atoms with E-state index in [2.05, 4.69) is 4.72 Å². The molecule has 0 saturated heterocycles. The van der Waals surface area contributed by atoms with Crippen LogP contribution in [0.5, 0.6) is 5.75 Å². The predicted octanol–water partition coefficient (Wildman–Crippen LogP) is 4.63. The fourth-order valence-corrected chi connectivity index (χ4v) is 4.89. The summed E-state index contributed by atoms with van der Waals surface area (Å²) in [4.78, 5) is 14.9. The molecule has 0 aromatic heterocycles. The molecule has 0 spiro atoms. The quantitative estimate of drug-likeness (QED) is 0.453. The van der Waals surface area contributed by atoms with Crippen LogP contribution < -0.4 is 9.46 Å². The number of hydrogen-bond donors (Lipinski definition) is 1. The number of nitrogens with zero attached hydrogens (tertiary/aromatic N) is 1. The van der Waals surface area contributed by atoms with Gasteiger partial charge in [0.2, 0.25) is 15.9 Å². The summed E-state index contributed by atoms with van der Waals surface area (Å²) in [6.07, 6.45) is 0. The lowest BCUT2D eigenvalue weighted by Gasteiger charge is -2.26. The van der Waals surface area contributed by atoms with Crippen molar-refractivity contribution in [1.82, 2.24) is 9.62 Å². The molecule has 1 atom stereocenters. The standard InChI is InChI=1S/C25H27ClN2O4S/c1-3-32-24-15-14-22(16-23(24)26)33(30,31)27-19(2)25(29)28(17-20-10-6-4-7-11-20)18-21-12-8-5-9-13-21/h4-16,19,27H,3,17-18H2,1-2H3/t19-/m0/s1. The SMILES string of the molecule is CCOc1ccc(S(=O)(=O)N[C@@H](C)C(=O)N(Cc2ccccc2)Cc2ccccc2)cc1Cl. The van der Waals surface area contributed by atoms with Crippen molar-refractivity contribution in [3.8, 4) is 5.75 Å². The minimum atomic E-state index is -3.98. The molecule has 0 aliphatic rings. The molecular weight excluding hydrogens is 460 g/mol. The van der Waals surface area contributed by atoms with Crippen molar-refractivity contribution in [2.24, 2.45) is 0 Å². The molecule has 33 heavy (non-hydrogen) atoms. The van der Waals surface area contributed by atoms with Crippen molar-refractivity contribution in [3.63, 3.8) is 0 Å². The molecule has 0 unspecified atom stereocenters. The molecular formula is C25H27ClN2O4S. The topological polar surface area (TPSA) is 75.7 Å². The van der Waals surface area contributed by atoms with E-state index in [1.807, 2.05) is 67.6 Å². The number of benzene rings is 3. The van der Waals surface area contributed by atoms with E-state index in [-0.39, 0.29) is 15.8 Å². The summed E-state index contributed by atoms with van der Waals surface area (Å²) in [5.41, 5.74) is 1.91. The first-order valence-corrected chi connectivity index (χ1v) is 12.5. The Kier molecular flexibility index (Phi) is 8.49.